The highest BCUT2D eigenvalue weighted by atomic mass is 16.3. The minimum atomic E-state index is -0.0240. The second-order valence-electron chi connectivity index (χ2n) is 4.97. The molecule has 0 aliphatic heterocycles. The van der Waals surface area contributed by atoms with Gasteiger partial charge in [-0.2, -0.15) is 0 Å². The monoisotopic (exact) mass is 198 g/mol. The van der Waals surface area contributed by atoms with Crippen molar-refractivity contribution in [2.75, 3.05) is 0 Å². The third-order valence-corrected chi connectivity index (χ3v) is 3.58. The van der Waals surface area contributed by atoms with E-state index in [1.807, 2.05) is 0 Å². The minimum Gasteiger partial charge on any atom is -0.393 e. The van der Waals surface area contributed by atoms with Gasteiger partial charge in [0.1, 0.15) is 0 Å². The Morgan fingerprint density at radius 2 is 1.79 bits per heavy atom. The molecule has 84 valence electrons. The van der Waals surface area contributed by atoms with Crippen molar-refractivity contribution in [2.24, 2.45) is 11.8 Å². The van der Waals surface area contributed by atoms with Crippen LogP contribution in [0.2, 0.25) is 0 Å². The van der Waals surface area contributed by atoms with Gasteiger partial charge in [0.2, 0.25) is 0 Å². The first-order chi connectivity index (χ1) is 6.75. The average Bonchev–Trinajstić information content (AvgIpc) is 2.99. The zero-order valence-corrected chi connectivity index (χ0v) is 9.84. The highest BCUT2D eigenvalue weighted by Crippen LogP contribution is 2.39. The van der Waals surface area contributed by atoms with E-state index < -0.39 is 0 Å². The van der Waals surface area contributed by atoms with Crippen LogP contribution in [0.3, 0.4) is 0 Å². The van der Waals surface area contributed by atoms with Crippen LogP contribution < -0.4 is 0 Å². The first-order valence-electron chi connectivity index (χ1n) is 6.43. The Morgan fingerprint density at radius 1 is 1.14 bits per heavy atom. The normalized spacial score (nSPS) is 20.8. The molecule has 1 fully saturated rings. The molecule has 0 spiro atoms. The summed E-state index contributed by atoms with van der Waals surface area (Å²) < 4.78 is 0. The third kappa shape index (κ3) is 4.45. The van der Waals surface area contributed by atoms with E-state index in [1.54, 1.807) is 0 Å². The van der Waals surface area contributed by atoms with Crippen LogP contribution in [0, 0.1) is 11.8 Å². The summed E-state index contributed by atoms with van der Waals surface area (Å²) in [6, 6.07) is 0. The number of hydrogen-bond acceptors (Lipinski definition) is 1. The summed E-state index contributed by atoms with van der Waals surface area (Å²) >= 11 is 0. The van der Waals surface area contributed by atoms with Crippen LogP contribution in [0.5, 0.6) is 0 Å². The smallest absolute Gasteiger partial charge is 0.0568 e. The summed E-state index contributed by atoms with van der Waals surface area (Å²) in [6.07, 6.45) is 10.3. The lowest BCUT2D eigenvalue weighted by Gasteiger charge is -2.17. The second kappa shape index (κ2) is 6.44. The Kier molecular flexibility index (Phi) is 5.54. The zero-order chi connectivity index (χ0) is 10.4. The largest absolute Gasteiger partial charge is 0.393 e. The molecule has 1 nitrogen and oxygen atoms in total. The lowest BCUT2D eigenvalue weighted by Crippen LogP contribution is -2.19. The van der Waals surface area contributed by atoms with E-state index in [1.165, 1.54) is 44.9 Å². The molecule has 1 aliphatic rings. The number of rotatable bonds is 8. The van der Waals surface area contributed by atoms with Crippen LogP contribution >= 0.6 is 0 Å². The molecule has 0 aromatic heterocycles. The molecule has 14 heavy (non-hydrogen) atoms. The third-order valence-electron chi connectivity index (χ3n) is 3.58. The molecule has 1 rings (SSSR count). The topological polar surface area (TPSA) is 20.2 Å². The van der Waals surface area contributed by atoms with E-state index in [0.717, 1.165) is 12.3 Å². The predicted octanol–water partition coefficient (Wildman–Crippen LogP) is 3.75. The van der Waals surface area contributed by atoms with Crippen LogP contribution in [0.15, 0.2) is 0 Å². The Morgan fingerprint density at radius 3 is 2.36 bits per heavy atom. The van der Waals surface area contributed by atoms with Gasteiger partial charge in [-0.1, -0.05) is 46.0 Å². The Bertz CT molecular complexity index is 140. The number of aliphatic hydroxyl groups is 1. The quantitative estimate of drug-likeness (QED) is 0.589. The van der Waals surface area contributed by atoms with Gasteiger partial charge >= 0.3 is 0 Å². The van der Waals surface area contributed by atoms with Gasteiger partial charge in [0, 0.05) is 0 Å². The fourth-order valence-electron chi connectivity index (χ4n) is 2.16. The van der Waals surface area contributed by atoms with E-state index in [0.29, 0.717) is 5.92 Å². The van der Waals surface area contributed by atoms with Gasteiger partial charge in [0.25, 0.3) is 0 Å². The van der Waals surface area contributed by atoms with E-state index in [2.05, 4.69) is 13.8 Å². The molecule has 0 saturated heterocycles. The van der Waals surface area contributed by atoms with Crippen molar-refractivity contribution in [3.8, 4) is 0 Å². The van der Waals surface area contributed by atoms with Gasteiger partial charge in [-0.15, -0.1) is 0 Å². The minimum absolute atomic E-state index is 0.0240. The summed E-state index contributed by atoms with van der Waals surface area (Å²) in [5.74, 6) is 1.40. The summed E-state index contributed by atoms with van der Waals surface area (Å²) in [7, 11) is 0. The molecule has 1 heteroatoms. The maximum atomic E-state index is 9.88. The first-order valence-corrected chi connectivity index (χ1v) is 6.43. The molecule has 0 aromatic rings. The summed E-state index contributed by atoms with van der Waals surface area (Å²) in [5.41, 5.74) is 0. The molecular weight excluding hydrogens is 172 g/mol. The number of unbranched alkanes of at least 4 members (excludes halogenated alkanes) is 4. The molecule has 2 atom stereocenters. The highest BCUT2D eigenvalue weighted by molar-refractivity contribution is 4.82. The second-order valence-corrected chi connectivity index (χ2v) is 4.97. The van der Waals surface area contributed by atoms with Gasteiger partial charge < -0.3 is 5.11 Å². The van der Waals surface area contributed by atoms with Crippen molar-refractivity contribution >= 4 is 0 Å². The molecule has 0 radical (unpaired) electrons. The Labute approximate surface area is 88.9 Å². The molecule has 0 bridgehead atoms. The van der Waals surface area contributed by atoms with Gasteiger partial charge in [-0.3, -0.25) is 0 Å². The van der Waals surface area contributed by atoms with Crippen LogP contribution in [0.25, 0.3) is 0 Å². The summed E-state index contributed by atoms with van der Waals surface area (Å²) in [4.78, 5) is 0. The SMILES string of the molecule is CCCCCCCC(O)C(C)C1CC1. The van der Waals surface area contributed by atoms with Crippen molar-refractivity contribution < 1.29 is 5.11 Å². The zero-order valence-electron chi connectivity index (χ0n) is 9.84. The van der Waals surface area contributed by atoms with Gasteiger partial charge in [-0.05, 0) is 31.1 Å². The number of aliphatic hydroxyl groups excluding tert-OH is 1. The average molecular weight is 198 g/mol. The van der Waals surface area contributed by atoms with Gasteiger partial charge in [-0.25, -0.2) is 0 Å². The predicted molar refractivity (Wildman–Crippen MR) is 61.3 cm³/mol. The van der Waals surface area contributed by atoms with Gasteiger partial charge in [0.15, 0.2) is 0 Å². The van der Waals surface area contributed by atoms with Crippen LogP contribution in [0.4, 0.5) is 0 Å². The molecular formula is C13H26O. The highest BCUT2D eigenvalue weighted by Gasteiger charge is 2.31. The fourth-order valence-corrected chi connectivity index (χ4v) is 2.16. The Hall–Kier alpha value is -0.0400. The molecule has 0 amide bonds. The summed E-state index contributed by atoms with van der Waals surface area (Å²) in [6.45, 7) is 4.46. The van der Waals surface area contributed by atoms with Crippen molar-refractivity contribution in [3.05, 3.63) is 0 Å². The maximum absolute atomic E-state index is 9.88. The van der Waals surface area contributed by atoms with E-state index in [4.69, 9.17) is 0 Å². The summed E-state index contributed by atoms with van der Waals surface area (Å²) in [5, 5.41) is 9.88. The number of hydrogen-bond donors (Lipinski definition) is 1. The molecule has 1 N–H and O–H groups in total. The molecule has 2 unspecified atom stereocenters. The lowest BCUT2D eigenvalue weighted by atomic mass is 9.94. The van der Waals surface area contributed by atoms with E-state index in [-0.39, 0.29) is 6.10 Å². The van der Waals surface area contributed by atoms with Crippen LogP contribution in [0.1, 0.15) is 65.2 Å². The van der Waals surface area contributed by atoms with Crippen molar-refractivity contribution in [1.29, 1.82) is 0 Å². The van der Waals surface area contributed by atoms with Crippen molar-refractivity contribution in [3.63, 3.8) is 0 Å². The van der Waals surface area contributed by atoms with Crippen molar-refractivity contribution in [2.45, 2.75) is 71.3 Å². The molecule has 0 aromatic carbocycles. The maximum Gasteiger partial charge on any atom is 0.0568 e. The van der Waals surface area contributed by atoms with Crippen molar-refractivity contribution in [1.82, 2.24) is 0 Å². The van der Waals surface area contributed by atoms with Crippen LogP contribution in [-0.4, -0.2) is 11.2 Å². The van der Waals surface area contributed by atoms with Gasteiger partial charge in [0.05, 0.1) is 6.10 Å². The van der Waals surface area contributed by atoms with E-state index >= 15 is 0 Å². The standard InChI is InChI=1S/C13H26O/c1-3-4-5-6-7-8-13(14)11(2)12-9-10-12/h11-14H,3-10H2,1-2H3. The van der Waals surface area contributed by atoms with Crippen LogP contribution in [-0.2, 0) is 0 Å². The molecule has 0 heterocycles. The molecule has 1 aliphatic carbocycles. The molecule has 1 saturated carbocycles. The first kappa shape index (κ1) is 12.0. The lowest BCUT2D eigenvalue weighted by molar-refractivity contribution is 0.0936. The Balaban J connectivity index is 1.94. The fraction of sp³-hybridized carbons (Fsp3) is 1.00. The van der Waals surface area contributed by atoms with E-state index in [9.17, 15) is 5.11 Å².